The van der Waals surface area contributed by atoms with Crippen molar-refractivity contribution in [2.75, 3.05) is 0 Å². The Bertz CT molecular complexity index is 377. The molecule has 0 aliphatic heterocycles. The fraction of sp³-hybridized carbons (Fsp3) is 0.357. The van der Waals surface area contributed by atoms with Gasteiger partial charge in [0.15, 0.2) is 0 Å². The Labute approximate surface area is 97.6 Å². The van der Waals surface area contributed by atoms with Gasteiger partial charge in [0.1, 0.15) is 0 Å². The molecule has 0 radical (unpaired) electrons. The van der Waals surface area contributed by atoms with E-state index in [9.17, 15) is 4.79 Å². The summed E-state index contributed by atoms with van der Waals surface area (Å²) in [5, 5.41) is 0. The Morgan fingerprint density at radius 1 is 1.19 bits per heavy atom. The molecule has 1 amide bonds. The molecule has 0 fully saturated rings. The average Bonchev–Trinajstić information content (AvgIpc) is 2.25. The lowest BCUT2D eigenvalue weighted by Crippen LogP contribution is -2.26. The second-order valence-electron chi connectivity index (χ2n) is 4.22. The van der Waals surface area contributed by atoms with E-state index in [0.717, 1.165) is 11.1 Å². The van der Waals surface area contributed by atoms with Crippen molar-refractivity contribution in [1.29, 1.82) is 0 Å². The normalized spacial score (nSPS) is 11.8. The maximum absolute atomic E-state index is 11.6. The number of nitrogens with zero attached hydrogens (tertiary/aromatic N) is 1. The molecule has 86 valence electrons. The van der Waals surface area contributed by atoms with Gasteiger partial charge in [-0.25, -0.2) is 0 Å². The van der Waals surface area contributed by atoms with Gasteiger partial charge in [-0.15, -0.1) is 0 Å². The van der Waals surface area contributed by atoms with E-state index in [1.165, 1.54) is 0 Å². The predicted molar refractivity (Wildman–Crippen MR) is 66.8 cm³/mol. The number of amides is 1. The Balaban J connectivity index is 2.97. The van der Waals surface area contributed by atoms with Gasteiger partial charge in [0, 0.05) is 13.1 Å². The number of rotatable bonds is 3. The standard InChI is InChI=1S/C14H19NO/c1-11(2)10-15(13(4)16)12(3)14-8-6-5-7-9-14/h5-10,12H,1-4H3. The molecule has 1 aromatic carbocycles. The Morgan fingerprint density at radius 3 is 2.19 bits per heavy atom. The number of benzene rings is 1. The molecule has 0 aromatic heterocycles. The van der Waals surface area contributed by atoms with E-state index in [1.807, 2.05) is 57.3 Å². The van der Waals surface area contributed by atoms with Crippen molar-refractivity contribution in [3.8, 4) is 0 Å². The third-order valence-corrected chi connectivity index (χ3v) is 2.46. The van der Waals surface area contributed by atoms with Crippen molar-refractivity contribution < 1.29 is 4.79 Å². The van der Waals surface area contributed by atoms with E-state index < -0.39 is 0 Å². The SMILES string of the molecule is CC(=O)N(C=C(C)C)C(C)c1ccccc1. The molecular formula is C14H19NO. The van der Waals surface area contributed by atoms with Crippen LogP contribution in [0.5, 0.6) is 0 Å². The molecule has 0 bridgehead atoms. The lowest BCUT2D eigenvalue weighted by Gasteiger charge is -2.25. The molecule has 0 heterocycles. The van der Waals surface area contributed by atoms with Crippen LogP contribution in [-0.4, -0.2) is 10.8 Å². The van der Waals surface area contributed by atoms with Gasteiger partial charge in [0.25, 0.3) is 0 Å². The number of carbonyl (C=O) groups excluding carboxylic acids is 1. The summed E-state index contributed by atoms with van der Waals surface area (Å²) in [4.78, 5) is 13.3. The summed E-state index contributed by atoms with van der Waals surface area (Å²) in [6.07, 6.45) is 1.90. The van der Waals surface area contributed by atoms with Gasteiger partial charge in [0.2, 0.25) is 5.91 Å². The second kappa shape index (κ2) is 5.50. The number of hydrogen-bond acceptors (Lipinski definition) is 1. The van der Waals surface area contributed by atoms with Gasteiger partial charge in [0.05, 0.1) is 6.04 Å². The Hall–Kier alpha value is -1.57. The van der Waals surface area contributed by atoms with Crippen LogP contribution in [0, 0.1) is 0 Å². The lowest BCUT2D eigenvalue weighted by atomic mass is 10.1. The molecule has 1 rings (SSSR count). The number of carbonyl (C=O) groups is 1. The molecule has 0 saturated carbocycles. The first kappa shape index (κ1) is 12.5. The summed E-state index contributed by atoms with van der Waals surface area (Å²) in [5.74, 6) is 0.0672. The van der Waals surface area contributed by atoms with E-state index in [2.05, 4.69) is 0 Å². The zero-order chi connectivity index (χ0) is 12.1. The maximum atomic E-state index is 11.6. The molecule has 0 saturated heterocycles. The highest BCUT2D eigenvalue weighted by Crippen LogP contribution is 2.21. The van der Waals surface area contributed by atoms with Crippen molar-refractivity contribution in [3.05, 3.63) is 47.7 Å². The molecule has 0 N–H and O–H groups in total. The first-order valence-corrected chi connectivity index (χ1v) is 5.51. The fourth-order valence-electron chi connectivity index (χ4n) is 1.65. The summed E-state index contributed by atoms with van der Waals surface area (Å²) in [5.41, 5.74) is 2.27. The maximum Gasteiger partial charge on any atom is 0.223 e. The van der Waals surface area contributed by atoms with Crippen molar-refractivity contribution in [3.63, 3.8) is 0 Å². The van der Waals surface area contributed by atoms with Crippen LogP contribution in [-0.2, 0) is 4.79 Å². The largest absolute Gasteiger partial charge is 0.312 e. The first-order chi connectivity index (χ1) is 7.52. The zero-order valence-corrected chi connectivity index (χ0v) is 10.4. The topological polar surface area (TPSA) is 20.3 Å². The number of hydrogen-bond donors (Lipinski definition) is 0. The van der Waals surface area contributed by atoms with Crippen LogP contribution >= 0.6 is 0 Å². The third kappa shape index (κ3) is 3.23. The van der Waals surface area contributed by atoms with Gasteiger partial charge in [-0.1, -0.05) is 35.9 Å². The van der Waals surface area contributed by atoms with Crippen LogP contribution in [0.25, 0.3) is 0 Å². The van der Waals surface area contributed by atoms with Crippen molar-refractivity contribution >= 4 is 5.91 Å². The van der Waals surface area contributed by atoms with E-state index in [1.54, 1.807) is 11.8 Å². The van der Waals surface area contributed by atoms with Crippen LogP contribution < -0.4 is 0 Å². The summed E-state index contributed by atoms with van der Waals surface area (Å²) in [6.45, 7) is 7.62. The molecule has 2 nitrogen and oxygen atoms in total. The molecular weight excluding hydrogens is 198 g/mol. The van der Waals surface area contributed by atoms with Gasteiger partial charge in [-0.2, -0.15) is 0 Å². The minimum absolute atomic E-state index is 0.0672. The highest BCUT2D eigenvalue weighted by Gasteiger charge is 2.15. The van der Waals surface area contributed by atoms with Crippen LogP contribution in [0.4, 0.5) is 0 Å². The molecule has 1 aromatic rings. The van der Waals surface area contributed by atoms with Crippen molar-refractivity contribution in [2.24, 2.45) is 0 Å². The molecule has 0 aliphatic rings. The van der Waals surface area contributed by atoms with Crippen molar-refractivity contribution in [2.45, 2.75) is 33.7 Å². The summed E-state index contributed by atoms with van der Waals surface area (Å²) < 4.78 is 0. The lowest BCUT2D eigenvalue weighted by molar-refractivity contribution is -0.128. The first-order valence-electron chi connectivity index (χ1n) is 5.51. The van der Waals surface area contributed by atoms with E-state index in [-0.39, 0.29) is 11.9 Å². The molecule has 1 unspecified atom stereocenters. The minimum Gasteiger partial charge on any atom is -0.312 e. The van der Waals surface area contributed by atoms with Crippen LogP contribution in [0.15, 0.2) is 42.1 Å². The molecule has 16 heavy (non-hydrogen) atoms. The highest BCUT2D eigenvalue weighted by molar-refractivity contribution is 5.75. The summed E-state index contributed by atoms with van der Waals surface area (Å²) in [7, 11) is 0. The highest BCUT2D eigenvalue weighted by atomic mass is 16.2. The minimum atomic E-state index is 0.0672. The third-order valence-electron chi connectivity index (χ3n) is 2.46. The molecule has 2 heteroatoms. The van der Waals surface area contributed by atoms with Crippen LogP contribution in [0.2, 0.25) is 0 Å². The Kier molecular flexibility index (Phi) is 4.29. The van der Waals surface area contributed by atoms with Gasteiger partial charge < -0.3 is 4.90 Å². The van der Waals surface area contributed by atoms with E-state index in [0.29, 0.717) is 0 Å². The molecule has 0 aliphatic carbocycles. The monoisotopic (exact) mass is 217 g/mol. The average molecular weight is 217 g/mol. The Morgan fingerprint density at radius 2 is 1.75 bits per heavy atom. The number of allylic oxidation sites excluding steroid dienone is 1. The molecule has 0 spiro atoms. The van der Waals surface area contributed by atoms with E-state index >= 15 is 0 Å². The van der Waals surface area contributed by atoms with Crippen LogP contribution in [0.3, 0.4) is 0 Å². The fourth-order valence-corrected chi connectivity index (χ4v) is 1.65. The second-order valence-corrected chi connectivity index (χ2v) is 4.22. The van der Waals surface area contributed by atoms with Crippen LogP contribution in [0.1, 0.15) is 39.3 Å². The van der Waals surface area contributed by atoms with Gasteiger partial charge in [-0.05, 0) is 26.3 Å². The predicted octanol–water partition coefficient (Wildman–Crippen LogP) is 3.52. The quantitative estimate of drug-likeness (QED) is 0.758. The smallest absolute Gasteiger partial charge is 0.223 e. The van der Waals surface area contributed by atoms with Gasteiger partial charge in [-0.3, -0.25) is 4.79 Å². The zero-order valence-electron chi connectivity index (χ0n) is 10.4. The summed E-state index contributed by atoms with van der Waals surface area (Å²) in [6, 6.07) is 10.1. The van der Waals surface area contributed by atoms with Gasteiger partial charge >= 0.3 is 0 Å². The summed E-state index contributed by atoms with van der Waals surface area (Å²) >= 11 is 0. The molecule has 1 atom stereocenters. The van der Waals surface area contributed by atoms with E-state index in [4.69, 9.17) is 0 Å². The van der Waals surface area contributed by atoms with Crippen molar-refractivity contribution in [1.82, 2.24) is 4.90 Å².